The number of carbonyl (C=O) groups is 6. The molecule has 8 N–H and O–H groups in total. The third-order valence-electron chi connectivity index (χ3n) is 11.2. The number of benzene rings is 2. The first-order valence-electron chi connectivity index (χ1n) is 20.1. The number of thiophene rings is 1. The van der Waals surface area contributed by atoms with E-state index in [1.807, 2.05) is 23.8 Å². The Morgan fingerprint density at radius 1 is 1.00 bits per heavy atom. The molecular weight excluding hydrogens is 812 g/mol. The summed E-state index contributed by atoms with van der Waals surface area (Å²) < 4.78 is 21.1. The molecule has 2 aromatic carbocycles. The Kier molecular flexibility index (Phi) is 14.2. The number of ether oxygens (including phenoxy) is 1. The number of nitrogens with zero attached hydrogens (tertiary/aromatic N) is 2. The quantitative estimate of drug-likeness (QED) is 0.0597. The molecule has 0 unspecified atom stereocenters. The lowest BCUT2D eigenvalue weighted by molar-refractivity contribution is -0.150. The van der Waals surface area contributed by atoms with Crippen molar-refractivity contribution in [1.29, 1.82) is 0 Å². The molecule has 6 rings (SSSR count). The molecule has 3 heterocycles. The van der Waals surface area contributed by atoms with E-state index < -0.39 is 58.2 Å². The third-order valence-corrected chi connectivity index (χ3v) is 11.9. The molecule has 324 valence electrons. The van der Waals surface area contributed by atoms with Gasteiger partial charge in [0.2, 0.25) is 23.2 Å². The number of hydrogen-bond donors (Lipinski definition) is 7. The number of carboxylic acids is 1. The zero-order valence-corrected chi connectivity index (χ0v) is 34.5. The van der Waals surface area contributed by atoms with Crippen molar-refractivity contribution in [3.63, 3.8) is 0 Å². The maximum absolute atomic E-state index is 15.5. The standard InChI is InChI=1S/C42H49FN8O9S/c1-2-28-33-29(35(52)30(22-47-33)37(54)55)21-31(43)34(28)50-16-18-51(19-17-50)41(59)60-23-25-6-8-27(9-7-25)48-36(53)32(5-3-14-46-40(44)58)49-39(57)42(12-4-13-42)38(56)45-15-10-26-11-20-61-24-26/h6-9,11,20-22,24,32H,2-5,10,12-19,23H2,1H3,(H,45,56)(H,47,52)(H,48,53)(H,49,57)(H,54,55)(H3,44,46,58)/t32-/m0/s1. The number of fused-ring (bicyclic) bond motifs is 1. The van der Waals surface area contributed by atoms with Gasteiger partial charge in [-0.25, -0.2) is 18.8 Å². The highest BCUT2D eigenvalue weighted by Crippen LogP contribution is 2.41. The molecule has 0 spiro atoms. The van der Waals surface area contributed by atoms with Crippen molar-refractivity contribution in [3.05, 3.63) is 91.6 Å². The number of halogens is 1. The van der Waals surface area contributed by atoms with Crippen LogP contribution in [0.5, 0.6) is 0 Å². The highest BCUT2D eigenvalue weighted by molar-refractivity contribution is 7.07. The molecule has 0 bridgehead atoms. The second-order valence-electron chi connectivity index (χ2n) is 15.0. The topological polar surface area (TPSA) is 245 Å². The number of nitrogens with two attached hydrogens (primary N) is 1. The van der Waals surface area contributed by atoms with Crippen LogP contribution < -0.4 is 37.3 Å². The molecule has 6 amide bonds. The highest BCUT2D eigenvalue weighted by Gasteiger charge is 2.51. The van der Waals surface area contributed by atoms with Crippen LogP contribution in [0.3, 0.4) is 0 Å². The second-order valence-corrected chi connectivity index (χ2v) is 15.8. The molecule has 2 fully saturated rings. The van der Waals surface area contributed by atoms with E-state index in [4.69, 9.17) is 10.5 Å². The molecule has 61 heavy (non-hydrogen) atoms. The van der Waals surface area contributed by atoms with Crippen molar-refractivity contribution in [2.24, 2.45) is 11.1 Å². The largest absolute Gasteiger partial charge is 0.477 e. The average Bonchev–Trinajstić information content (AvgIpc) is 3.74. The highest BCUT2D eigenvalue weighted by atomic mass is 32.1. The van der Waals surface area contributed by atoms with Crippen LogP contribution in [0.15, 0.2) is 58.1 Å². The van der Waals surface area contributed by atoms with Crippen molar-refractivity contribution >= 4 is 69.4 Å². The summed E-state index contributed by atoms with van der Waals surface area (Å²) in [6.45, 7) is 3.32. The van der Waals surface area contributed by atoms with Crippen molar-refractivity contribution in [2.45, 2.75) is 64.5 Å². The summed E-state index contributed by atoms with van der Waals surface area (Å²) in [5.41, 5.74) is 5.97. The minimum Gasteiger partial charge on any atom is -0.477 e. The molecule has 1 saturated heterocycles. The number of nitrogens with one attached hydrogen (secondary N) is 5. The Hall–Kier alpha value is -6.50. The summed E-state index contributed by atoms with van der Waals surface area (Å²) in [6.07, 6.45) is 3.43. The maximum Gasteiger partial charge on any atom is 0.410 e. The Labute approximate surface area is 354 Å². The van der Waals surface area contributed by atoms with Gasteiger partial charge in [-0.1, -0.05) is 25.5 Å². The second kappa shape index (κ2) is 19.7. The number of amides is 6. The lowest BCUT2D eigenvalue weighted by Crippen LogP contribution is -2.58. The van der Waals surface area contributed by atoms with Crippen LogP contribution in [0, 0.1) is 11.2 Å². The molecule has 1 aliphatic heterocycles. The molecule has 2 aromatic heterocycles. The van der Waals surface area contributed by atoms with Gasteiger partial charge in [0.05, 0.1) is 11.2 Å². The summed E-state index contributed by atoms with van der Waals surface area (Å²) in [6, 6.07) is 7.89. The predicted molar refractivity (Wildman–Crippen MR) is 226 cm³/mol. The molecule has 17 nitrogen and oxygen atoms in total. The van der Waals surface area contributed by atoms with E-state index in [0.717, 1.165) is 17.8 Å². The van der Waals surface area contributed by atoms with Crippen LogP contribution in [0.2, 0.25) is 0 Å². The number of aromatic nitrogens is 1. The fourth-order valence-corrected chi connectivity index (χ4v) is 8.30. The molecule has 2 aliphatic rings. The van der Waals surface area contributed by atoms with Gasteiger partial charge >= 0.3 is 18.1 Å². The lowest BCUT2D eigenvalue weighted by Gasteiger charge is -2.39. The molecule has 19 heteroatoms. The fraction of sp³-hybridized carbons (Fsp3) is 0.405. The van der Waals surface area contributed by atoms with Gasteiger partial charge in [-0.2, -0.15) is 11.3 Å². The van der Waals surface area contributed by atoms with E-state index >= 15 is 4.39 Å². The smallest absolute Gasteiger partial charge is 0.410 e. The third kappa shape index (κ3) is 10.3. The van der Waals surface area contributed by atoms with Crippen LogP contribution in [0.1, 0.15) is 66.1 Å². The number of aromatic carboxylic acids is 1. The van der Waals surface area contributed by atoms with Crippen molar-refractivity contribution in [2.75, 3.05) is 49.5 Å². The van der Waals surface area contributed by atoms with E-state index in [0.29, 0.717) is 67.4 Å². The number of urea groups is 1. The summed E-state index contributed by atoms with van der Waals surface area (Å²) >= 11 is 1.56. The molecule has 1 saturated carbocycles. The average molecular weight is 861 g/mol. The van der Waals surface area contributed by atoms with Crippen molar-refractivity contribution < 1.29 is 43.0 Å². The number of hydrogen-bond acceptors (Lipinski definition) is 10. The van der Waals surface area contributed by atoms with Crippen molar-refractivity contribution in [3.8, 4) is 0 Å². The van der Waals surface area contributed by atoms with Crippen LogP contribution >= 0.6 is 11.3 Å². The van der Waals surface area contributed by atoms with Gasteiger partial charge < -0.3 is 51.6 Å². The fourth-order valence-electron chi connectivity index (χ4n) is 7.59. The molecular formula is C42H49FN8O9S. The first kappa shape index (κ1) is 44.1. The van der Waals surface area contributed by atoms with E-state index in [9.17, 15) is 38.7 Å². The SMILES string of the molecule is CCc1c(N2CCN(C(=O)OCc3ccc(NC(=O)[C@H](CCCNC(N)=O)NC(=O)C4(C(=O)NCCc5ccsc5)CCC4)cc3)CC2)c(F)cc2c(=O)c(C(=O)O)c[nH]c12. The molecule has 1 aliphatic carbocycles. The lowest BCUT2D eigenvalue weighted by atomic mass is 9.67. The monoisotopic (exact) mass is 860 g/mol. The number of anilines is 2. The van der Waals surface area contributed by atoms with Gasteiger partial charge in [0, 0.05) is 62.1 Å². The van der Waals surface area contributed by atoms with Gasteiger partial charge in [-0.05, 0) is 84.7 Å². The van der Waals surface area contributed by atoms with Crippen LogP contribution in [-0.4, -0.2) is 96.1 Å². The van der Waals surface area contributed by atoms with Crippen LogP contribution in [0.4, 0.5) is 25.4 Å². The van der Waals surface area contributed by atoms with Gasteiger partial charge in [0.25, 0.3) is 0 Å². The minimum absolute atomic E-state index is 0.0458. The Morgan fingerprint density at radius 2 is 1.74 bits per heavy atom. The minimum atomic E-state index is -1.41. The number of aromatic amines is 1. The number of rotatable bonds is 17. The zero-order chi connectivity index (χ0) is 43.7. The van der Waals surface area contributed by atoms with Gasteiger partial charge in [-0.3, -0.25) is 19.2 Å². The van der Waals surface area contributed by atoms with E-state index in [1.54, 1.807) is 40.5 Å². The van der Waals surface area contributed by atoms with E-state index in [2.05, 4.69) is 26.3 Å². The molecule has 1 atom stereocenters. The molecule has 4 aromatic rings. The van der Waals surface area contributed by atoms with Crippen molar-refractivity contribution in [1.82, 2.24) is 25.8 Å². The number of pyridine rings is 1. The number of piperazine rings is 1. The van der Waals surface area contributed by atoms with Crippen LogP contribution in [-0.2, 0) is 38.6 Å². The normalized spacial score (nSPS) is 15.0. The zero-order valence-electron chi connectivity index (χ0n) is 33.6. The van der Waals surface area contributed by atoms with Gasteiger partial charge in [-0.15, -0.1) is 0 Å². The Balaban J connectivity index is 1.01. The molecule has 0 radical (unpaired) electrons. The summed E-state index contributed by atoms with van der Waals surface area (Å²) in [5, 5.41) is 24.2. The number of carboxylic acid groups (broad SMARTS) is 1. The number of aryl methyl sites for hydroxylation is 1. The first-order chi connectivity index (χ1) is 29.3. The Morgan fingerprint density at radius 3 is 2.36 bits per heavy atom. The number of primary amides is 1. The maximum atomic E-state index is 15.5. The number of H-pyrrole nitrogens is 1. The van der Waals surface area contributed by atoms with Crippen LogP contribution in [0.25, 0.3) is 10.9 Å². The Bertz CT molecular complexity index is 2320. The van der Waals surface area contributed by atoms with Gasteiger partial charge in [0.15, 0.2) is 0 Å². The van der Waals surface area contributed by atoms with Gasteiger partial charge in [0.1, 0.15) is 29.4 Å². The summed E-state index contributed by atoms with van der Waals surface area (Å²) in [7, 11) is 0. The number of carbonyl (C=O) groups excluding carboxylic acids is 5. The van der Waals surface area contributed by atoms with E-state index in [-0.39, 0.29) is 62.7 Å². The first-order valence-corrected chi connectivity index (χ1v) is 21.1. The predicted octanol–water partition coefficient (Wildman–Crippen LogP) is 3.85. The summed E-state index contributed by atoms with van der Waals surface area (Å²) in [5.74, 6) is -3.49. The van der Waals surface area contributed by atoms with E-state index in [1.165, 1.54) is 4.90 Å². The summed E-state index contributed by atoms with van der Waals surface area (Å²) in [4.78, 5) is 95.1.